The van der Waals surface area contributed by atoms with Gasteiger partial charge >= 0.3 is 0 Å². The van der Waals surface area contributed by atoms with E-state index < -0.39 is 5.60 Å². The van der Waals surface area contributed by atoms with Gasteiger partial charge in [-0.1, -0.05) is 68.5 Å². The molecular weight excluding hydrogens is 489 g/mol. The first-order chi connectivity index (χ1) is 18.9. The lowest BCUT2D eigenvalue weighted by atomic mass is 9.86. The Morgan fingerprint density at radius 2 is 1.77 bits per heavy atom. The molecule has 1 N–H and O–H groups in total. The molecule has 208 valence electrons. The van der Waals surface area contributed by atoms with Crippen molar-refractivity contribution in [2.45, 2.75) is 90.3 Å². The van der Waals surface area contributed by atoms with Crippen molar-refractivity contribution in [1.82, 2.24) is 0 Å². The summed E-state index contributed by atoms with van der Waals surface area (Å²) < 4.78 is 33.6. The molecule has 0 radical (unpaired) electrons. The van der Waals surface area contributed by atoms with E-state index in [9.17, 15) is 4.39 Å². The topological polar surface area (TPSA) is 39.7 Å². The molecule has 1 aliphatic carbocycles. The van der Waals surface area contributed by atoms with Gasteiger partial charge in [-0.25, -0.2) is 4.39 Å². The zero-order chi connectivity index (χ0) is 27.2. The Bertz CT molecular complexity index is 1240. The third-order valence-electron chi connectivity index (χ3n) is 8.26. The summed E-state index contributed by atoms with van der Waals surface area (Å²) in [6.07, 6.45) is 7.02. The van der Waals surface area contributed by atoms with Crippen LogP contribution in [0.15, 0.2) is 66.7 Å². The number of nitrogens with one attached hydrogen (secondary N) is 1. The van der Waals surface area contributed by atoms with Crippen molar-refractivity contribution in [1.29, 1.82) is 0 Å². The maximum Gasteiger partial charge on any atom is 0.132 e. The maximum absolute atomic E-state index is 13.9. The van der Waals surface area contributed by atoms with Gasteiger partial charge < -0.3 is 19.5 Å². The zero-order valence-electron chi connectivity index (χ0n) is 23.5. The summed E-state index contributed by atoms with van der Waals surface area (Å²) in [5.41, 5.74) is 4.73. The second-order valence-corrected chi connectivity index (χ2v) is 11.7. The van der Waals surface area contributed by atoms with E-state index in [4.69, 9.17) is 14.2 Å². The zero-order valence-corrected chi connectivity index (χ0v) is 23.5. The smallest absolute Gasteiger partial charge is 0.132 e. The van der Waals surface area contributed by atoms with Crippen LogP contribution < -0.4 is 10.1 Å². The lowest BCUT2D eigenvalue weighted by Gasteiger charge is -2.44. The van der Waals surface area contributed by atoms with Gasteiger partial charge in [-0.15, -0.1) is 0 Å². The van der Waals surface area contributed by atoms with Crippen LogP contribution in [0.25, 0.3) is 0 Å². The normalized spacial score (nSPS) is 20.7. The highest BCUT2D eigenvalue weighted by Gasteiger charge is 2.45. The van der Waals surface area contributed by atoms with Crippen molar-refractivity contribution in [2.24, 2.45) is 5.92 Å². The van der Waals surface area contributed by atoms with Crippen molar-refractivity contribution in [3.05, 3.63) is 94.8 Å². The van der Waals surface area contributed by atoms with Crippen LogP contribution in [0.1, 0.15) is 80.7 Å². The number of halogens is 1. The lowest BCUT2D eigenvalue weighted by Crippen LogP contribution is -2.51. The van der Waals surface area contributed by atoms with Crippen LogP contribution in [-0.2, 0) is 22.6 Å². The molecule has 2 unspecified atom stereocenters. The number of fused-ring (bicyclic) bond motifs is 1. The van der Waals surface area contributed by atoms with Crippen LogP contribution in [0, 0.1) is 18.7 Å². The number of aryl methyl sites for hydroxylation is 1. The van der Waals surface area contributed by atoms with Crippen LogP contribution in [0.3, 0.4) is 0 Å². The molecule has 2 atom stereocenters. The molecule has 5 heteroatoms. The molecule has 1 saturated carbocycles. The molecule has 3 aromatic carbocycles. The fraction of sp³-hybridized carbons (Fsp3) is 0.471. The summed E-state index contributed by atoms with van der Waals surface area (Å²) in [6, 6.07) is 21.3. The summed E-state index contributed by atoms with van der Waals surface area (Å²) in [6.45, 7) is 7.95. The number of benzene rings is 3. The average molecular weight is 532 g/mol. The molecule has 0 aromatic heterocycles. The molecule has 4 nitrogen and oxygen atoms in total. The molecule has 0 saturated heterocycles. The lowest BCUT2D eigenvalue weighted by molar-refractivity contribution is -0.168. The van der Waals surface area contributed by atoms with Gasteiger partial charge in [0.2, 0.25) is 0 Å². The molecule has 2 aliphatic rings. The van der Waals surface area contributed by atoms with Crippen LogP contribution in [-0.4, -0.2) is 18.3 Å². The standard InChI is InChI=1S/C34H42FNO3/c1-24-10-7-8-14-27(24)22-36-29-16-17-31-30(21-29)32(37-19-18-25-11-5-4-6-12-25)33(34(2,3)39-31)38-23-26-13-9-15-28(35)20-26/h7-10,13-17,20-21,25,32-33,36H,4-6,11-12,18-19,22-23H2,1-3H3. The van der Waals surface area contributed by atoms with Crippen LogP contribution in [0.2, 0.25) is 0 Å². The number of hydrogen-bond acceptors (Lipinski definition) is 4. The molecule has 0 spiro atoms. The summed E-state index contributed by atoms with van der Waals surface area (Å²) in [5.74, 6) is 1.31. The van der Waals surface area contributed by atoms with Crippen molar-refractivity contribution in [3.8, 4) is 5.75 Å². The fourth-order valence-corrected chi connectivity index (χ4v) is 5.96. The Morgan fingerprint density at radius 3 is 2.56 bits per heavy atom. The first kappa shape index (κ1) is 27.7. The minimum Gasteiger partial charge on any atom is -0.485 e. The summed E-state index contributed by atoms with van der Waals surface area (Å²) in [4.78, 5) is 0. The van der Waals surface area contributed by atoms with Crippen molar-refractivity contribution in [2.75, 3.05) is 11.9 Å². The number of hydrogen-bond donors (Lipinski definition) is 1. The first-order valence-electron chi connectivity index (χ1n) is 14.5. The Morgan fingerprint density at radius 1 is 0.949 bits per heavy atom. The van der Waals surface area contributed by atoms with Crippen molar-refractivity contribution < 1.29 is 18.6 Å². The van der Waals surface area contributed by atoms with Gasteiger partial charge in [-0.2, -0.15) is 0 Å². The Hall–Kier alpha value is -2.89. The predicted octanol–water partition coefficient (Wildman–Crippen LogP) is 8.53. The monoisotopic (exact) mass is 531 g/mol. The van der Waals surface area contributed by atoms with Gasteiger partial charge in [0.15, 0.2) is 0 Å². The molecular formula is C34H42FNO3. The van der Waals surface area contributed by atoms with E-state index in [-0.39, 0.29) is 24.6 Å². The van der Waals surface area contributed by atoms with E-state index in [1.165, 1.54) is 55.4 Å². The highest BCUT2D eigenvalue weighted by Crippen LogP contribution is 2.45. The number of anilines is 1. The van der Waals surface area contributed by atoms with Gasteiger partial charge in [-0.05, 0) is 80.1 Å². The van der Waals surface area contributed by atoms with Crippen LogP contribution in [0.5, 0.6) is 5.75 Å². The molecule has 1 heterocycles. The molecule has 3 aromatic rings. The van der Waals surface area contributed by atoms with E-state index in [1.54, 1.807) is 6.07 Å². The van der Waals surface area contributed by atoms with Gasteiger partial charge in [0.1, 0.15) is 29.4 Å². The Labute approximate surface area is 232 Å². The van der Waals surface area contributed by atoms with Crippen molar-refractivity contribution >= 4 is 5.69 Å². The quantitative estimate of drug-likeness (QED) is 0.285. The van der Waals surface area contributed by atoms with Gasteiger partial charge in [0.05, 0.1) is 6.61 Å². The summed E-state index contributed by atoms with van der Waals surface area (Å²) in [7, 11) is 0. The summed E-state index contributed by atoms with van der Waals surface area (Å²) in [5, 5.41) is 3.59. The van der Waals surface area contributed by atoms with E-state index in [0.29, 0.717) is 6.61 Å². The van der Waals surface area contributed by atoms with E-state index in [0.717, 1.165) is 41.4 Å². The fourth-order valence-electron chi connectivity index (χ4n) is 5.96. The minimum atomic E-state index is -0.619. The van der Waals surface area contributed by atoms with Gasteiger partial charge in [0.25, 0.3) is 0 Å². The SMILES string of the molecule is Cc1ccccc1CNc1ccc2c(c1)C(OCCC1CCCCC1)C(OCc1cccc(F)c1)C(C)(C)O2. The molecule has 0 amide bonds. The molecule has 1 aliphatic heterocycles. The Balaban J connectivity index is 1.37. The number of ether oxygens (including phenoxy) is 3. The molecule has 39 heavy (non-hydrogen) atoms. The summed E-state index contributed by atoms with van der Waals surface area (Å²) >= 11 is 0. The van der Waals surface area contributed by atoms with Crippen LogP contribution in [0.4, 0.5) is 10.1 Å². The van der Waals surface area contributed by atoms with Gasteiger partial charge in [0, 0.05) is 24.4 Å². The average Bonchev–Trinajstić information content (AvgIpc) is 2.92. The first-order valence-corrected chi connectivity index (χ1v) is 14.5. The highest BCUT2D eigenvalue weighted by molar-refractivity contribution is 5.54. The third kappa shape index (κ3) is 7.01. The molecule has 5 rings (SSSR count). The molecule has 1 fully saturated rings. The third-order valence-corrected chi connectivity index (χ3v) is 8.26. The van der Waals surface area contributed by atoms with E-state index in [2.05, 4.69) is 48.6 Å². The van der Waals surface area contributed by atoms with E-state index >= 15 is 0 Å². The van der Waals surface area contributed by atoms with Gasteiger partial charge in [-0.3, -0.25) is 0 Å². The van der Waals surface area contributed by atoms with Crippen LogP contribution >= 0.6 is 0 Å². The predicted molar refractivity (Wildman–Crippen MR) is 155 cm³/mol. The second kappa shape index (κ2) is 12.5. The maximum atomic E-state index is 13.9. The van der Waals surface area contributed by atoms with E-state index in [1.807, 2.05) is 26.0 Å². The molecule has 0 bridgehead atoms. The van der Waals surface area contributed by atoms with Crippen molar-refractivity contribution in [3.63, 3.8) is 0 Å². The Kier molecular flexibility index (Phi) is 8.89. The highest BCUT2D eigenvalue weighted by atomic mass is 19.1. The number of rotatable bonds is 10. The largest absolute Gasteiger partial charge is 0.485 e. The second-order valence-electron chi connectivity index (χ2n) is 11.7. The minimum absolute atomic E-state index is 0.259.